The minimum atomic E-state index is -3.60. The summed E-state index contributed by atoms with van der Waals surface area (Å²) >= 11 is 1.26. The molecule has 2 heterocycles. The Bertz CT molecular complexity index is 726. The van der Waals surface area contributed by atoms with Crippen LogP contribution in [-0.2, 0) is 16.4 Å². The van der Waals surface area contributed by atoms with Gasteiger partial charge in [-0.05, 0) is 44.8 Å². The standard InChI is InChI=1S/C14H21N5O2S2/c1-4-11-5-8-14(22-11)23(20,21)18-13-7-6-12(16-17-13)15-9-10-19(2)3/h5-8H,4,9-10H2,1-3H3,(H,15,16)(H,17,18). The molecule has 0 saturated carbocycles. The summed E-state index contributed by atoms with van der Waals surface area (Å²) in [7, 11) is 0.367. The number of aromatic nitrogens is 2. The van der Waals surface area contributed by atoms with Crippen molar-refractivity contribution in [1.29, 1.82) is 0 Å². The Balaban J connectivity index is 1.99. The number of nitrogens with one attached hydrogen (secondary N) is 2. The molecule has 126 valence electrons. The topological polar surface area (TPSA) is 87.2 Å². The second-order valence-corrected chi connectivity index (χ2v) is 8.29. The van der Waals surface area contributed by atoms with Crippen molar-refractivity contribution in [2.24, 2.45) is 0 Å². The molecular formula is C14H21N5O2S2. The fraction of sp³-hybridized carbons (Fsp3) is 0.429. The van der Waals surface area contributed by atoms with Gasteiger partial charge in [-0.1, -0.05) is 6.92 Å². The molecular weight excluding hydrogens is 334 g/mol. The van der Waals surface area contributed by atoms with Crippen LogP contribution in [0.1, 0.15) is 11.8 Å². The quantitative estimate of drug-likeness (QED) is 0.752. The van der Waals surface area contributed by atoms with Crippen molar-refractivity contribution < 1.29 is 8.42 Å². The number of thiophene rings is 1. The first-order valence-corrected chi connectivity index (χ1v) is 9.54. The second kappa shape index (κ2) is 7.71. The first-order valence-electron chi connectivity index (χ1n) is 7.24. The van der Waals surface area contributed by atoms with E-state index in [1.54, 1.807) is 18.2 Å². The molecule has 0 aliphatic rings. The summed E-state index contributed by atoms with van der Waals surface area (Å²) in [5.41, 5.74) is 0. The highest BCUT2D eigenvalue weighted by atomic mass is 32.2. The van der Waals surface area contributed by atoms with Gasteiger partial charge in [-0.25, -0.2) is 8.42 Å². The minimum Gasteiger partial charge on any atom is -0.367 e. The zero-order chi connectivity index (χ0) is 16.9. The van der Waals surface area contributed by atoms with Crippen LogP contribution in [0.25, 0.3) is 0 Å². The van der Waals surface area contributed by atoms with Crippen LogP contribution in [0.5, 0.6) is 0 Å². The molecule has 0 amide bonds. The molecule has 0 atom stereocenters. The lowest BCUT2D eigenvalue weighted by Gasteiger charge is -2.10. The zero-order valence-electron chi connectivity index (χ0n) is 13.4. The van der Waals surface area contributed by atoms with Crippen LogP contribution in [0.4, 0.5) is 11.6 Å². The zero-order valence-corrected chi connectivity index (χ0v) is 15.0. The fourth-order valence-electron chi connectivity index (χ4n) is 1.77. The summed E-state index contributed by atoms with van der Waals surface area (Å²) < 4.78 is 27.3. The Kier molecular flexibility index (Phi) is 5.91. The fourth-order valence-corrected chi connectivity index (χ4v) is 4.06. The SMILES string of the molecule is CCc1ccc(S(=O)(=O)Nc2ccc(NCCN(C)C)nn2)s1. The lowest BCUT2D eigenvalue weighted by molar-refractivity contribution is 0.425. The lowest BCUT2D eigenvalue weighted by atomic mass is 10.4. The Morgan fingerprint density at radius 3 is 2.39 bits per heavy atom. The molecule has 2 N–H and O–H groups in total. The first kappa shape index (κ1) is 17.6. The van der Waals surface area contributed by atoms with Crippen LogP contribution in [0.2, 0.25) is 0 Å². The van der Waals surface area contributed by atoms with Gasteiger partial charge in [0.15, 0.2) is 5.82 Å². The minimum absolute atomic E-state index is 0.203. The van der Waals surface area contributed by atoms with Crippen molar-refractivity contribution in [3.8, 4) is 0 Å². The van der Waals surface area contributed by atoms with Crippen molar-refractivity contribution in [3.05, 3.63) is 29.1 Å². The van der Waals surface area contributed by atoms with Crippen LogP contribution >= 0.6 is 11.3 Å². The highest BCUT2D eigenvalue weighted by molar-refractivity contribution is 7.94. The van der Waals surface area contributed by atoms with E-state index in [2.05, 4.69) is 25.1 Å². The Morgan fingerprint density at radius 2 is 1.83 bits per heavy atom. The second-order valence-electron chi connectivity index (χ2n) is 5.21. The van der Waals surface area contributed by atoms with E-state index in [1.807, 2.05) is 27.1 Å². The number of hydrogen-bond acceptors (Lipinski definition) is 7. The predicted octanol–water partition coefficient (Wildman–Crippen LogP) is 1.87. The highest BCUT2D eigenvalue weighted by Crippen LogP contribution is 2.23. The van der Waals surface area contributed by atoms with Gasteiger partial charge in [0.2, 0.25) is 0 Å². The molecule has 0 saturated heterocycles. The van der Waals surface area contributed by atoms with Crippen molar-refractivity contribution in [1.82, 2.24) is 15.1 Å². The molecule has 0 spiro atoms. The van der Waals surface area contributed by atoms with Crippen molar-refractivity contribution >= 4 is 33.0 Å². The molecule has 0 bridgehead atoms. The van der Waals surface area contributed by atoms with Gasteiger partial charge in [0.25, 0.3) is 10.0 Å². The molecule has 0 unspecified atom stereocenters. The van der Waals surface area contributed by atoms with Gasteiger partial charge in [-0.2, -0.15) is 0 Å². The van der Waals surface area contributed by atoms with Gasteiger partial charge in [-0.3, -0.25) is 4.72 Å². The van der Waals surface area contributed by atoms with E-state index in [4.69, 9.17) is 0 Å². The van der Waals surface area contributed by atoms with Crippen molar-refractivity contribution in [2.75, 3.05) is 37.2 Å². The van der Waals surface area contributed by atoms with Gasteiger partial charge in [0.05, 0.1) is 0 Å². The molecule has 7 nitrogen and oxygen atoms in total. The Hall–Kier alpha value is -1.71. The van der Waals surface area contributed by atoms with Crippen LogP contribution in [0, 0.1) is 0 Å². The van der Waals surface area contributed by atoms with Gasteiger partial charge in [0.1, 0.15) is 10.0 Å². The summed E-state index contributed by atoms with van der Waals surface area (Å²) in [6.45, 7) is 3.60. The van der Waals surface area contributed by atoms with Crippen LogP contribution in [0.3, 0.4) is 0 Å². The molecule has 0 aromatic carbocycles. The van der Waals surface area contributed by atoms with E-state index in [0.29, 0.717) is 5.82 Å². The molecule has 0 fully saturated rings. The summed E-state index contributed by atoms with van der Waals surface area (Å²) in [6, 6.07) is 6.72. The van der Waals surface area contributed by atoms with E-state index < -0.39 is 10.0 Å². The number of sulfonamides is 1. The molecule has 23 heavy (non-hydrogen) atoms. The van der Waals surface area contributed by atoms with Crippen LogP contribution in [0.15, 0.2) is 28.5 Å². The number of nitrogens with zero attached hydrogens (tertiary/aromatic N) is 3. The maximum Gasteiger partial charge on any atom is 0.272 e. The van der Waals surface area contributed by atoms with E-state index in [0.717, 1.165) is 24.4 Å². The third-order valence-corrected chi connectivity index (χ3v) is 6.10. The molecule has 2 aromatic heterocycles. The van der Waals surface area contributed by atoms with Gasteiger partial charge >= 0.3 is 0 Å². The summed E-state index contributed by atoms with van der Waals surface area (Å²) in [5, 5.41) is 11.0. The molecule has 2 rings (SSSR count). The molecule has 2 aromatic rings. The number of anilines is 2. The number of rotatable bonds is 8. The average molecular weight is 355 g/mol. The Morgan fingerprint density at radius 1 is 1.13 bits per heavy atom. The monoisotopic (exact) mass is 355 g/mol. The van der Waals surface area contributed by atoms with Crippen molar-refractivity contribution in [3.63, 3.8) is 0 Å². The summed E-state index contributed by atoms with van der Waals surface area (Å²) in [4.78, 5) is 3.08. The van der Waals surface area contributed by atoms with E-state index >= 15 is 0 Å². The summed E-state index contributed by atoms with van der Waals surface area (Å²) in [5.74, 6) is 0.814. The van der Waals surface area contributed by atoms with E-state index in [1.165, 1.54) is 11.3 Å². The van der Waals surface area contributed by atoms with Crippen molar-refractivity contribution in [2.45, 2.75) is 17.6 Å². The molecule has 0 aliphatic heterocycles. The molecule has 9 heteroatoms. The number of hydrogen-bond donors (Lipinski definition) is 2. The summed E-state index contributed by atoms with van der Waals surface area (Å²) in [6.07, 6.45) is 0.813. The Labute approximate surface area is 140 Å². The smallest absolute Gasteiger partial charge is 0.272 e. The van der Waals surface area contributed by atoms with Gasteiger partial charge < -0.3 is 10.2 Å². The maximum absolute atomic E-state index is 12.3. The predicted molar refractivity (Wildman–Crippen MR) is 93.6 cm³/mol. The number of aryl methyl sites for hydroxylation is 1. The molecule has 0 radical (unpaired) electrons. The van der Waals surface area contributed by atoms with E-state index in [9.17, 15) is 8.42 Å². The third-order valence-electron chi connectivity index (χ3n) is 3.02. The molecule has 0 aliphatic carbocycles. The highest BCUT2D eigenvalue weighted by Gasteiger charge is 2.17. The lowest BCUT2D eigenvalue weighted by Crippen LogP contribution is -2.21. The van der Waals surface area contributed by atoms with Crippen LogP contribution in [-0.4, -0.2) is 50.7 Å². The maximum atomic E-state index is 12.3. The van der Waals surface area contributed by atoms with Gasteiger partial charge in [-0.15, -0.1) is 21.5 Å². The van der Waals surface area contributed by atoms with E-state index in [-0.39, 0.29) is 10.0 Å². The normalized spacial score (nSPS) is 11.7. The van der Waals surface area contributed by atoms with Gasteiger partial charge in [0, 0.05) is 18.0 Å². The largest absolute Gasteiger partial charge is 0.367 e. The van der Waals surface area contributed by atoms with Crippen LogP contribution < -0.4 is 10.0 Å². The average Bonchev–Trinajstić information content (AvgIpc) is 2.98. The number of likely N-dealkylation sites (N-methyl/N-ethyl adjacent to an activating group) is 1. The third kappa shape index (κ3) is 5.15. The first-order chi connectivity index (χ1) is 10.9.